The molecule has 1 amide bonds. The van der Waals surface area contributed by atoms with Crippen molar-refractivity contribution in [2.75, 3.05) is 13.1 Å². The average molecular weight is 402 g/mol. The summed E-state index contributed by atoms with van der Waals surface area (Å²) in [6.07, 6.45) is 5.23. The van der Waals surface area contributed by atoms with Crippen molar-refractivity contribution in [2.24, 2.45) is 5.92 Å². The van der Waals surface area contributed by atoms with Gasteiger partial charge in [0.25, 0.3) is 5.91 Å². The first kappa shape index (κ1) is 20.0. The zero-order chi connectivity index (χ0) is 20.8. The Labute approximate surface area is 176 Å². The largest absolute Gasteiger partial charge is 0.336 e. The molecule has 1 saturated heterocycles. The second-order valence-electron chi connectivity index (χ2n) is 7.78. The second-order valence-corrected chi connectivity index (χ2v) is 7.78. The van der Waals surface area contributed by atoms with Crippen LogP contribution in [0.4, 0.5) is 0 Å². The number of nitrogens with zero attached hydrogens (tertiary/aromatic N) is 4. The maximum atomic E-state index is 12.9. The molecule has 1 aromatic heterocycles. The molecular formula is C24H26N4O2. The summed E-state index contributed by atoms with van der Waals surface area (Å²) in [6.45, 7) is 1.80. The van der Waals surface area contributed by atoms with Crippen LogP contribution < -0.4 is 0 Å². The van der Waals surface area contributed by atoms with E-state index in [1.54, 1.807) is 15.8 Å². The van der Waals surface area contributed by atoms with Crippen LogP contribution in [0.5, 0.6) is 0 Å². The van der Waals surface area contributed by atoms with Crippen LogP contribution in [-0.2, 0) is 13.0 Å². The van der Waals surface area contributed by atoms with Crippen molar-refractivity contribution < 1.29 is 9.59 Å². The highest BCUT2D eigenvalue weighted by molar-refractivity contribution is 5.99. The summed E-state index contributed by atoms with van der Waals surface area (Å²) in [5, 5.41) is 8.20. The minimum atomic E-state index is -0.161. The molecule has 1 atom stereocenters. The summed E-state index contributed by atoms with van der Waals surface area (Å²) in [6, 6.07) is 19.6. The Morgan fingerprint density at radius 1 is 1.00 bits per heavy atom. The van der Waals surface area contributed by atoms with E-state index in [-0.39, 0.29) is 17.6 Å². The van der Waals surface area contributed by atoms with Gasteiger partial charge < -0.3 is 4.90 Å². The van der Waals surface area contributed by atoms with Crippen molar-refractivity contribution >= 4 is 11.7 Å². The van der Waals surface area contributed by atoms with Crippen molar-refractivity contribution in [3.05, 3.63) is 83.7 Å². The average Bonchev–Trinajstić information content (AvgIpc) is 3.28. The summed E-state index contributed by atoms with van der Waals surface area (Å²) in [7, 11) is 0. The second kappa shape index (κ2) is 9.48. The Bertz CT molecular complexity index is 985. The third kappa shape index (κ3) is 4.82. The monoisotopic (exact) mass is 402 g/mol. The van der Waals surface area contributed by atoms with Gasteiger partial charge in [-0.1, -0.05) is 65.9 Å². The van der Waals surface area contributed by atoms with Crippen LogP contribution in [-0.4, -0.2) is 44.7 Å². The number of aryl methyl sites for hydroxylation is 2. The maximum Gasteiger partial charge on any atom is 0.276 e. The van der Waals surface area contributed by atoms with Crippen LogP contribution in [0.2, 0.25) is 0 Å². The van der Waals surface area contributed by atoms with Crippen molar-refractivity contribution in [3.63, 3.8) is 0 Å². The number of amides is 1. The lowest BCUT2D eigenvalue weighted by atomic mass is 9.90. The van der Waals surface area contributed by atoms with Gasteiger partial charge in [0.2, 0.25) is 0 Å². The number of piperidine rings is 1. The molecule has 3 aromatic rings. The lowest BCUT2D eigenvalue weighted by molar-refractivity contribution is 0.0632. The maximum absolute atomic E-state index is 12.9. The summed E-state index contributed by atoms with van der Waals surface area (Å²) >= 11 is 0. The molecule has 0 bridgehead atoms. The van der Waals surface area contributed by atoms with E-state index < -0.39 is 0 Å². The number of carbonyl (C=O) groups excluding carboxylic acids is 2. The number of carbonyl (C=O) groups is 2. The lowest BCUT2D eigenvalue weighted by Gasteiger charge is -2.31. The molecule has 0 saturated carbocycles. The SMILES string of the molecule is O=C(c1ccccc1)C1CCCN(C(=O)c2cn(CCCc3ccccc3)nn2)C1. The van der Waals surface area contributed by atoms with Crippen molar-refractivity contribution in [2.45, 2.75) is 32.2 Å². The van der Waals surface area contributed by atoms with Crippen LogP contribution in [0, 0.1) is 5.92 Å². The number of aromatic nitrogens is 3. The highest BCUT2D eigenvalue weighted by Crippen LogP contribution is 2.22. The van der Waals surface area contributed by atoms with Gasteiger partial charge in [0.1, 0.15) is 0 Å². The zero-order valence-electron chi connectivity index (χ0n) is 17.0. The minimum Gasteiger partial charge on any atom is -0.336 e. The topological polar surface area (TPSA) is 68.1 Å². The van der Waals surface area contributed by atoms with Gasteiger partial charge in [-0.05, 0) is 31.2 Å². The number of likely N-dealkylation sites (tertiary alicyclic amines) is 1. The molecular weight excluding hydrogens is 376 g/mol. The third-order valence-corrected chi connectivity index (χ3v) is 5.59. The predicted molar refractivity (Wildman–Crippen MR) is 114 cm³/mol. The Balaban J connectivity index is 1.33. The fourth-order valence-corrected chi connectivity index (χ4v) is 3.97. The van der Waals surface area contributed by atoms with E-state index in [0.29, 0.717) is 30.9 Å². The summed E-state index contributed by atoms with van der Waals surface area (Å²) in [5.41, 5.74) is 2.35. The predicted octanol–water partition coefficient (Wildman–Crippen LogP) is 3.65. The molecule has 0 aliphatic carbocycles. The molecule has 1 unspecified atom stereocenters. The number of ketones is 1. The van der Waals surface area contributed by atoms with E-state index in [1.165, 1.54) is 5.56 Å². The van der Waals surface area contributed by atoms with Crippen molar-refractivity contribution in [3.8, 4) is 0 Å². The molecule has 0 radical (unpaired) electrons. The van der Waals surface area contributed by atoms with Gasteiger partial charge in [-0.2, -0.15) is 0 Å². The Hall–Kier alpha value is -3.28. The highest BCUT2D eigenvalue weighted by atomic mass is 16.2. The standard InChI is InChI=1S/C24H26N4O2/c29-23(20-12-5-2-6-13-20)21-14-8-15-27(17-21)24(30)22-18-28(26-25-22)16-7-11-19-9-3-1-4-10-19/h1-6,9-10,12-13,18,21H,7-8,11,14-17H2. The van der Waals surface area contributed by atoms with Crippen LogP contribution >= 0.6 is 0 Å². The molecule has 6 heteroatoms. The van der Waals surface area contributed by atoms with Gasteiger partial charge in [0, 0.05) is 31.1 Å². The molecule has 6 nitrogen and oxygen atoms in total. The van der Waals surface area contributed by atoms with Gasteiger partial charge in [-0.15, -0.1) is 5.10 Å². The van der Waals surface area contributed by atoms with E-state index in [9.17, 15) is 9.59 Å². The summed E-state index contributed by atoms with van der Waals surface area (Å²) < 4.78 is 1.73. The van der Waals surface area contributed by atoms with Gasteiger partial charge in [0.15, 0.2) is 11.5 Å². The number of rotatable bonds is 7. The summed E-state index contributed by atoms with van der Waals surface area (Å²) in [5.74, 6) is -0.196. The fourth-order valence-electron chi connectivity index (χ4n) is 3.97. The quantitative estimate of drug-likeness (QED) is 0.566. The Morgan fingerprint density at radius 2 is 1.73 bits per heavy atom. The van der Waals surface area contributed by atoms with E-state index in [0.717, 1.165) is 25.7 Å². The van der Waals surface area contributed by atoms with Gasteiger partial charge in [-0.25, -0.2) is 0 Å². The first-order valence-corrected chi connectivity index (χ1v) is 10.5. The minimum absolute atomic E-state index is 0.109. The van der Waals surface area contributed by atoms with E-state index in [1.807, 2.05) is 48.5 Å². The highest BCUT2D eigenvalue weighted by Gasteiger charge is 2.30. The molecule has 1 fully saturated rings. The zero-order valence-corrected chi connectivity index (χ0v) is 17.0. The van der Waals surface area contributed by atoms with Gasteiger partial charge in [-0.3, -0.25) is 14.3 Å². The van der Waals surface area contributed by atoms with Crippen molar-refractivity contribution in [1.29, 1.82) is 0 Å². The van der Waals surface area contributed by atoms with Crippen molar-refractivity contribution in [1.82, 2.24) is 19.9 Å². The Morgan fingerprint density at radius 3 is 2.50 bits per heavy atom. The first-order valence-electron chi connectivity index (χ1n) is 10.5. The number of hydrogen-bond acceptors (Lipinski definition) is 4. The van der Waals surface area contributed by atoms with E-state index in [4.69, 9.17) is 0 Å². The molecule has 0 N–H and O–H groups in total. The molecule has 30 heavy (non-hydrogen) atoms. The van der Waals surface area contributed by atoms with Gasteiger partial charge in [0.05, 0.1) is 6.20 Å². The van der Waals surface area contributed by atoms with Crippen LogP contribution in [0.25, 0.3) is 0 Å². The smallest absolute Gasteiger partial charge is 0.276 e. The molecule has 154 valence electrons. The van der Waals surface area contributed by atoms with Crippen LogP contribution in [0.3, 0.4) is 0 Å². The number of benzene rings is 2. The molecule has 0 spiro atoms. The molecule has 1 aliphatic heterocycles. The normalized spacial score (nSPS) is 16.4. The third-order valence-electron chi connectivity index (χ3n) is 5.59. The Kier molecular flexibility index (Phi) is 6.32. The van der Waals surface area contributed by atoms with Crippen LogP contribution in [0.1, 0.15) is 45.7 Å². The number of hydrogen-bond donors (Lipinski definition) is 0. The lowest BCUT2D eigenvalue weighted by Crippen LogP contribution is -2.42. The van der Waals surface area contributed by atoms with E-state index in [2.05, 4.69) is 22.4 Å². The van der Waals surface area contributed by atoms with Gasteiger partial charge >= 0.3 is 0 Å². The van der Waals surface area contributed by atoms with E-state index >= 15 is 0 Å². The fraction of sp³-hybridized carbons (Fsp3) is 0.333. The summed E-state index contributed by atoms with van der Waals surface area (Å²) in [4.78, 5) is 27.4. The van der Waals surface area contributed by atoms with Crippen LogP contribution in [0.15, 0.2) is 66.9 Å². The molecule has 2 heterocycles. The molecule has 1 aliphatic rings. The molecule has 4 rings (SSSR count). The molecule has 2 aromatic carbocycles. The first-order chi connectivity index (χ1) is 14.7. The number of Topliss-reactive ketones (excluding diaryl/α,β-unsaturated/α-hetero) is 1.